The Morgan fingerprint density at radius 3 is 2.19 bits per heavy atom. The zero-order chi connectivity index (χ0) is 19.8. The number of hydrogen-bond donors (Lipinski definition) is 2. The molecular weight excluding hydrogens is 359 g/mol. The standard InChI is InChI=1S/C21H25N2O3P/c1-15-13-16(2)21(17(3)14-15)23(18(4)27(24,25)26)11-7-20(8-12-23)19-5-9-22-10-6-19/h5-11,13-14,18H,12H2,1-4H3,(H-,24,25,26)/p+1. The first-order valence-corrected chi connectivity index (χ1v) is 10.6. The zero-order valence-corrected chi connectivity index (χ0v) is 17.0. The summed E-state index contributed by atoms with van der Waals surface area (Å²) in [4.78, 5) is 24.1. The molecule has 0 radical (unpaired) electrons. The molecule has 2 aromatic rings. The van der Waals surface area contributed by atoms with Gasteiger partial charge in [-0.1, -0.05) is 17.7 Å². The summed E-state index contributed by atoms with van der Waals surface area (Å²) in [6, 6.07) is 8.02. The second kappa shape index (κ2) is 7.17. The van der Waals surface area contributed by atoms with E-state index >= 15 is 0 Å². The first-order valence-electron chi connectivity index (χ1n) is 8.96. The van der Waals surface area contributed by atoms with Crippen molar-refractivity contribution in [2.75, 3.05) is 6.54 Å². The fourth-order valence-electron chi connectivity index (χ4n) is 4.08. The average molecular weight is 385 g/mol. The van der Waals surface area contributed by atoms with Crippen molar-refractivity contribution in [2.24, 2.45) is 0 Å². The van der Waals surface area contributed by atoms with Crippen LogP contribution in [-0.4, -0.2) is 27.1 Å². The predicted molar refractivity (Wildman–Crippen MR) is 110 cm³/mol. The molecule has 1 aromatic carbocycles. The van der Waals surface area contributed by atoms with Crippen molar-refractivity contribution in [3.05, 3.63) is 77.3 Å². The molecule has 6 heteroatoms. The minimum Gasteiger partial charge on any atom is -0.320 e. The quantitative estimate of drug-likeness (QED) is 0.603. The minimum atomic E-state index is -4.32. The van der Waals surface area contributed by atoms with E-state index in [9.17, 15) is 14.4 Å². The van der Waals surface area contributed by atoms with Crippen LogP contribution in [0.2, 0.25) is 0 Å². The molecule has 27 heavy (non-hydrogen) atoms. The molecule has 0 fully saturated rings. The van der Waals surface area contributed by atoms with Crippen LogP contribution in [0.5, 0.6) is 0 Å². The molecule has 0 amide bonds. The van der Waals surface area contributed by atoms with Crippen LogP contribution in [0.1, 0.15) is 29.2 Å². The lowest BCUT2D eigenvalue weighted by Crippen LogP contribution is -2.52. The predicted octanol–water partition coefficient (Wildman–Crippen LogP) is 4.45. The Morgan fingerprint density at radius 2 is 1.70 bits per heavy atom. The first-order chi connectivity index (χ1) is 12.6. The Kier molecular flexibility index (Phi) is 5.24. The van der Waals surface area contributed by atoms with E-state index in [0.29, 0.717) is 6.54 Å². The number of aryl methyl sites for hydroxylation is 3. The lowest BCUT2D eigenvalue weighted by molar-refractivity contribution is 0.294. The van der Waals surface area contributed by atoms with Crippen LogP contribution in [-0.2, 0) is 4.57 Å². The van der Waals surface area contributed by atoms with E-state index in [4.69, 9.17) is 0 Å². The Bertz CT molecular complexity index is 940. The van der Waals surface area contributed by atoms with Crippen molar-refractivity contribution in [2.45, 2.75) is 33.5 Å². The molecule has 0 aliphatic carbocycles. The number of rotatable bonds is 4. The largest absolute Gasteiger partial charge is 0.383 e. The van der Waals surface area contributed by atoms with Gasteiger partial charge in [-0.05, 0) is 56.2 Å². The summed E-state index contributed by atoms with van der Waals surface area (Å²) < 4.78 is 12.4. The number of quaternary nitrogens is 1. The van der Waals surface area contributed by atoms with Crippen molar-refractivity contribution in [1.29, 1.82) is 0 Å². The van der Waals surface area contributed by atoms with E-state index in [1.165, 1.54) is 0 Å². The first kappa shape index (κ1) is 19.7. The van der Waals surface area contributed by atoms with Crippen LogP contribution >= 0.6 is 7.60 Å². The molecule has 0 saturated heterocycles. The van der Waals surface area contributed by atoms with Gasteiger partial charge in [0, 0.05) is 30.4 Å². The van der Waals surface area contributed by atoms with Crippen molar-refractivity contribution in [1.82, 2.24) is 9.47 Å². The molecule has 2 unspecified atom stereocenters. The zero-order valence-electron chi connectivity index (χ0n) is 16.1. The third-order valence-electron chi connectivity index (χ3n) is 5.35. The molecule has 1 aliphatic heterocycles. The number of nitrogens with zero attached hydrogens (tertiary/aromatic N) is 2. The fourth-order valence-corrected chi connectivity index (χ4v) is 4.90. The molecule has 2 atom stereocenters. The highest BCUT2D eigenvalue weighted by molar-refractivity contribution is 7.52. The highest BCUT2D eigenvalue weighted by Gasteiger charge is 2.47. The van der Waals surface area contributed by atoms with Gasteiger partial charge in [0.1, 0.15) is 18.4 Å². The van der Waals surface area contributed by atoms with Gasteiger partial charge in [0.25, 0.3) is 0 Å². The summed E-state index contributed by atoms with van der Waals surface area (Å²) >= 11 is 0. The molecule has 2 N–H and O–H groups in total. The van der Waals surface area contributed by atoms with Crippen LogP contribution in [0.3, 0.4) is 0 Å². The lowest BCUT2D eigenvalue weighted by Gasteiger charge is -2.42. The summed E-state index contributed by atoms with van der Waals surface area (Å²) in [5, 5.41) is 0. The summed E-state index contributed by atoms with van der Waals surface area (Å²) in [5.74, 6) is -0.885. The number of hydrogen-bond acceptors (Lipinski definition) is 2. The summed E-state index contributed by atoms with van der Waals surface area (Å²) in [5.41, 5.74) is 6.26. The van der Waals surface area contributed by atoms with E-state index in [2.05, 4.69) is 23.2 Å². The Hall–Kier alpha value is -2.04. The third-order valence-corrected chi connectivity index (χ3v) is 6.74. The number of allylic oxidation sites excluding steroid dienone is 2. The van der Waals surface area contributed by atoms with Gasteiger partial charge in [-0.2, -0.15) is 0 Å². The SMILES string of the molecule is Cc1cc(C)c([N+]2(C(C)P(=O)(O)O)C=CC(c3ccncc3)=CC2)c(C)c1. The van der Waals surface area contributed by atoms with Crippen molar-refractivity contribution < 1.29 is 14.4 Å². The number of pyridine rings is 1. The van der Waals surface area contributed by atoms with Gasteiger partial charge < -0.3 is 9.79 Å². The van der Waals surface area contributed by atoms with Crippen LogP contribution in [0.25, 0.3) is 5.57 Å². The van der Waals surface area contributed by atoms with Gasteiger partial charge in [-0.25, -0.2) is 4.48 Å². The van der Waals surface area contributed by atoms with Gasteiger partial charge >= 0.3 is 7.60 Å². The maximum Gasteiger partial charge on any atom is 0.383 e. The Labute approximate surface area is 160 Å². The maximum absolute atomic E-state index is 12.3. The number of aromatic nitrogens is 1. The van der Waals surface area contributed by atoms with E-state index in [1.54, 1.807) is 19.3 Å². The lowest BCUT2D eigenvalue weighted by atomic mass is 9.98. The van der Waals surface area contributed by atoms with Gasteiger partial charge in [-0.3, -0.25) is 9.55 Å². The Morgan fingerprint density at radius 1 is 1.11 bits per heavy atom. The monoisotopic (exact) mass is 385 g/mol. The van der Waals surface area contributed by atoms with Crippen LogP contribution in [0, 0.1) is 20.8 Å². The van der Waals surface area contributed by atoms with Crippen molar-refractivity contribution in [3.8, 4) is 0 Å². The normalized spacial score (nSPS) is 21.0. The second-order valence-electron chi connectivity index (χ2n) is 7.29. The maximum atomic E-state index is 12.3. The molecule has 0 saturated carbocycles. The molecule has 0 spiro atoms. The van der Waals surface area contributed by atoms with Gasteiger partial charge in [0.15, 0.2) is 5.78 Å². The molecule has 3 rings (SSSR count). The van der Waals surface area contributed by atoms with Crippen molar-refractivity contribution in [3.63, 3.8) is 0 Å². The molecule has 0 bridgehead atoms. The molecule has 1 aromatic heterocycles. The molecule has 142 valence electrons. The summed E-state index contributed by atoms with van der Waals surface area (Å²) in [6.45, 7) is 8.17. The smallest absolute Gasteiger partial charge is 0.320 e. The summed E-state index contributed by atoms with van der Waals surface area (Å²) in [7, 11) is -4.32. The third kappa shape index (κ3) is 3.69. The highest BCUT2D eigenvalue weighted by Crippen LogP contribution is 2.51. The van der Waals surface area contributed by atoms with Crippen molar-refractivity contribution >= 4 is 18.9 Å². The van der Waals surface area contributed by atoms with Gasteiger partial charge in [0.2, 0.25) is 0 Å². The highest BCUT2D eigenvalue weighted by atomic mass is 31.2. The van der Waals surface area contributed by atoms with E-state index < -0.39 is 13.4 Å². The molecule has 5 nitrogen and oxygen atoms in total. The molecule has 2 heterocycles. The van der Waals surface area contributed by atoms with Gasteiger partial charge in [-0.15, -0.1) is 0 Å². The van der Waals surface area contributed by atoms with E-state index in [1.807, 2.05) is 45.2 Å². The van der Waals surface area contributed by atoms with Gasteiger partial charge in [0.05, 0.1) is 0 Å². The fraction of sp³-hybridized carbons (Fsp3) is 0.286. The van der Waals surface area contributed by atoms with Crippen LogP contribution < -0.4 is 4.48 Å². The summed E-state index contributed by atoms with van der Waals surface area (Å²) in [6.07, 6.45) is 9.44. The average Bonchev–Trinajstić information content (AvgIpc) is 2.60. The van der Waals surface area contributed by atoms with E-state index in [0.717, 1.165) is 33.5 Å². The Balaban J connectivity index is 2.15. The molecule has 1 aliphatic rings. The van der Waals surface area contributed by atoms with Crippen LogP contribution in [0.15, 0.2) is 55.0 Å². The topological polar surface area (TPSA) is 70.4 Å². The van der Waals surface area contributed by atoms with Crippen LogP contribution in [0.4, 0.5) is 5.69 Å². The minimum absolute atomic E-state index is 0.108. The molecular formula is C21H26N2O3P+. The van der Waals surface area contributed by atoms with E-state index in [-0.39, 0.29) is 4.48 Å². The second-order valence-corrected chi connectivity index (χ2v) is 9.22. The number of benzene rings is 1.